The van der Waals surface area contributed by atoms with Crippen LogP contribution in [0.3, 0.4) is 0 Å². The number of carbonyl (C=O) groups is 1. The van der Waals surface area contributed by atoms with Gasteiger partial charge < -0.3 is 19.9 Å². The van der Waals surface area contributed by atoms with Gasteiger partial charge in [-0.1, -0.05) is 12.1 Å². The number of methoxy groups -OCH3 is 1. The van der Waals surface area contributed by atoms with E-state index < -0.39 is 12.2 Å². The lowest BCUT2D eigenvalue weighted by molar-refractivity contribution is -0.127. The highest BCUT2D eigenvalue weighted by atomic mass is 16.5. The zero-order valence-corrected chi connectivity index (χ0v) is 12.6. The van der Waals surface area contributed by atoms with Gasteiger partial charge in [0.25, 0.3) is 5.91 Å². The van der Waals surface area contributed by atoms with Crippen LogP contribution in [0.15, 0.2) is 18.2 Å². The Labute approximate surface area is 125 Å². The average molecular weight is 293 g/mol. The summed E-state index contributed by atoms with van der Waals surface area (Å²) in [7, 11) is 1.64. The number of aliphatic hydroxyl groups excluding tert-OH is 1. The highest BCUT2D eigenvalue weighted by Crippen LogP contribution is 2.36. The maximum atomic E-state index is 11.9. The van der Waals surface area contributed by atoms with Crippen LogP contribution in [-0.4, -0.2) is 37.4 Å². The van der Waals surface area contributed by atoms with Gasteiger partial charge in [-0.2, -0.15) is 0 Å². The monoisotopic (exact) mass is 293 g/mol. The van der Waals surface area contributed by atoms with Crippen molar-refractivity contribution >= 4 is 5.91 Å². The molecule has 1 aliphatic carbocycles. The molecular weight excluding hydrogens is 270 g/mol. The minimum absolute atomic E-state index is 0.137. The number of rotatable bonds is 7. The highest BCUT2D eigenvalue weighted by molar-refractivity contribution is 5.80. The molecule has 1 aromatic carbocycles. The van der Waals surface area contributed by atoms with Crippen molar-refractivity contribution in [1.82, 2.24) is 5.32 Å². The maximum absolute atomic E-state index is 11.9. The first-order valence-electron chi connectivity index (χ1n) is 7.36. The fourth-order valence-corrected chi connectivity index (χ4v) is 2.53. The average Bonchev–Trinajstić information content (AvgIpc) is 2.86. The fraction of sp³-hybridized carbons (Fsp3) is 0.562. The van der Waals surface area contributed by atoms with E-state index in [0.29, 0.717) is 25.3 Å². The molecule has 1 amide bonds. The molecule has 0 fully saturated rings. The molecule has 0 spiro atoms. The van der Waals surface area contributed by atoms with Gasteiger partial charge in [0.2, 0.25) is 0 Å². The molecule has 2 N–H and O–H groups in total. The van der Waals surface area contributed by atoms with E-state index in [2.05, 4.69) is 5.32 Å². The molecule has 21 heavy (non-hydrogen) atoms. The number of ether oxygens (including phenoxy) is 2. The van der Waals surface area contributed by atoms with Crippen molar-refractivity contribution in [3.05, 3.63) is 29.3 Å². The Morgan fingerprint density at radius 3 is 3.10 bits per heavy atom. The third-order valence-electron chi connectivity index (χ3n) is 3.69. The summed E-state index contributed by atoms with van der Waals surface area (Å²) in [6.45, 7) is 2.93. The number of carbonyl (C=O) groups excluding carboxylic acids is 1. The molecule has 0 saturated heterocycles. The molecule has 0 saturated carbocycles. The number of benzene rings is 1. The van der Waals surface area contributed by atoms with Crippen LogP contribution in [0.2, 0.25) is 0 Å². The quantitative estimate of drug-likeness (QED) is 0.749. The number of fused-ring (bicyclic) bond motifs is 1. The van der Waals surface area contributed by atoms with E-state index in [4.69, 9.17) is 9.47 Å². The Morgan fingerprint density at radius 2 is 2.33 bits per heavy atom. The Bertz CT molecular complexity index is 489. The maximum Gasteiger partial charge on any atom is 0.260 e. The Kier molecular flexibility index (Phi) is 5.59. The van der Waals surface area contributed by atoms with Gasteiger partial charge in [-0.25, -0.2) is 0 Å². The molecule has 0 aromatic heterocycles. The summed E-state index contributed by atoms with van der Waals surface area (Å²) in [5.74, 6) is 0.561. The number of aliphatic hydroxyl groups is 1. The molecule has 2 rings (SSSR count). The van der Waals surface area contributed by atoms with Gasteiger partial charge in [0.05, 0.1) is 6.10 Å². The second-order valence-electron chi connectivity index (χ2n) is 5.28. The molecule has 1 aromatic rings. The molecule has 5 heteroatoms. The van der Waals surface area contributed by atoms with E-state index in [1.165, 1.54) is 0 Å². The number of hydrogen-bond donors (Lipinski definition) is 2. The molecule has 1 aliphatic rings. The summed E-state index contributed by atoms with van der Waals surface area (Å²) in [6.07, 6.45) is 1.31. The predicted molar refractivity (Wildman–Crippen MR) is 79.3 cm³/mol. The Balaban J connectivity index is 1.91. The second kappa shape index (κ2) is 7.43. The standard InChI is InChI=1S/C16H23NO4/c1-11(16(19)17-9-4-10-20-2)21-15-6-3-5-12-13(15)7-8-14(12)18/h3,5-6,11,14,18H,4,7-10H2,1-2H3,(H,17,19). The molecule has 116 valence electrons. The lowest BCUT2D eigenvalue weighted by Gasteiger charge is -2.17. The number of amides is 1. The first-order chi connectivity index (χ1) is 10.1. The fourth-order valence-electron chi connectivity index (χ4n) is 2.53. The van der Waals surface area contributed by atoms with Crippen molar-refractivity contribution in [2.24, 2.45) is 0 Å². The predicted octanol–water partition coefficient (Wildman–Crippen LogP) is 1.59. The molecule has 0 aliphatic heterocycles. The van der Waals surface area contributed by atoms with Crippen molar-refractivity contribution < 1.29 is 19.4 Å². The minimum atomic E-state index is -0.559. The molecule has 0 bridgehead atoms. The van der Waals surface area contributed by atoms with Crippen LogP contribution in [0.4, 0.5) is 0 Å². The SMILES string of the molecule is COCCCNC(=O)C(C)Oc1cccc2c1CCC2O. The summed E-state index contributed by atoms with van der Waals surface area (Å²) >= 11 is 0. The zero-order chi connectivity index (χ0) is 15.2. The first kappa shape index (κ1) is 15.8. The van der Waals surface area contributed by atoms with Crippen LogP contribution in [0, 0.1) is 0 Å². The van der Waals surface area contributed by atoms with Crippen molar-refractivity contribution in [2.45, 2.75) is 38.4 Å². The van der Waals surface area contributed by atoms with Gasteiger partial charge in [-0.3, -0.25) is 4.79 Å². The van der Waals surface area contributed by atoms with Crippen LogP contribution < -0.4 is 10.1 Å². The Hall–Kier alpha value is -1.59. The molecular formula is C16H23NO4. The summed E-state index contributed by atoms with van der Waals surface area (Å²) in [5.41, 5.74) is 1.93. The molecule has 0 heterocycles. The van der Waals surface area contributed by atoms with Gasteiger partial charge in [0, 0.05) is 25.8 Å². The lowest BCUT2D eigenvalue weighted by atomic mass is 10.1. The van der Waals surface area contributed by atoms with Gasteiger partial charge >= 0.3 is 0 Å². The Morgan fingerprint density at radius 1 is 1.52 bits per heavy atom. The lowest BCUT2D eigenvalue weighted by Crippen LogP contribution is -2.37. The van der Waals surface area contributed by atoms with Gasteiger partial charge in [-0.05, 0) is 37.8 Å². The van der Waals surface area contributed by atoms with Crippen molar-refractivity contribution in [2.75, 3.05) is 20.3 Å². The minimum Gasteiger partial charge on any atom is -0.481 e. The summed E-state index contributed by atoms with van der Waals surface area (Å²) in [6, 6.07) is 5.62. The topological polar surface area (TPSA) is 67.8 Å². The van der Waals surface area contributed by atoms with Crippen LogP contribution >= 0.6 is 0 Å². The largest absolute Gasteiger partial charge is 0.481 e. The third kappa shape index (κ3) is 3.95. The van der Waals surface area contributed by atoms with Crippen LogP contribution in [0.1, 0.15) is 37.0 Å². The van der Waals surface area contributed by atoms with Crippen LogP contribution in [0.25, 0.3) is 0 Å². The van der Waals surface area contributed by atoms with E-state index in [0.717, 1.165) is 24.0 Å². The zero-order valence-electron chi connectivity index (χ0n) is 12.6. The molecule has 0 radical (unpaired) electrons. The number of hydrogen-bond acceptors (Lipinski definition) is 4. The van der Waals surface area contributed by atoms with E-state index in [1.807, 2.05) is 18.2 Å². The van der Waals surface area contributed by atoms with Crippen molar-refractivity contribution in [1.29, 1.82) is 0 Å². The van der Waals surface area contributed by atoms with Gasteiger partial charge in [-0.15, -0.1) is 0 Å². The second-order valence-corrected chi connectivity index (χ2v) is 5.28. The normalized spacial score (nSPS) is 18.1. The van der Waals surface area contributed by atoms with E-state index in [1.54, 1.807) is 14.0 Å². The van der Waals surface area contributed by atoms with Gasteiger partial charge in [0.15, 0.2) is 6.10 Å². The molecule has 5 nitrogen and oxygen atoms in total. The summed E-state index contributed by atoms with van der Waals surface area (Å²) in [5, 5.41) is 12.7. The van der Waals surface area contributed by atoms with E-state index in [9.17, 15) is 9.90 Å². The van der Waals surface area contributed by atoms with E-state index >= 15 is 0 Å². The van der Waals surface area contributed by atoms with Crippen molar-refractivity contribution in [3.63, 3.8) is 0 Å². The summed E-state index contributed by atoms with van der Waals surface area (Å²) < 4.78 is 10.7. The first-order valence-corrected chi connectivity index (χ1v) is 7.36. The van der Waals surface area contributed by atoms with Crippen molar-refractivity contribution in [3.8, 4) is 5.75 Å². The van der Waals surface area contributed by atoms with Crippen LogP contribution in [0.5, 0.6) is 5.75 Å². The third-order valence-corrected chi connectivity index (χ3v) is 3.69. The smallest absolute Gasteiger partial charge is 0.260 e. The number of nitrogens with one attached hydrogen (secondary N) is 1. The van der Waals surface area contributed by atoms with Crippen LogP contribution in [-0.2, 0) is 16.0 Å². The molecule has 2 atom stereocenters. The van der Waals surface area contributed by atoms with E-state index in [-0.39, 0.29) is 5.91 Å². The van der Waals surface area contributed by atoms with Gasteiger partial charge in [0.1, 0.15) is 5.75 Å². The molecule has 2 unspecified atom stereocenters. The summed E-state index contributed by atoms with van der Waals surface area (Å²) in [4.78, 5) is 11.9. The highest BCUT2D eigenvalue weighted by Gasteiger charge is 2.24.